The van der Waals surface area contributed by atoms with Gasteiger partial charge >= 0.3 is 0 Å². The van der Waals surface area contributed by atoms with Crippen molar-refractivity contribution in [3.8, 4) is 5.75 Å². The van der Waals surface area contributed by atoms with Crippen LogP contribution in [0.25, 0.3) is 0 Å². The normalized spacial score (nSPS) is 13.0. The highest BCUT2D eigenvalue weighted by Crippen LogP contribution is 2.21. The predicted octanol–water partition coefficient (Wildman–Crippen LogP) is 2.92. The molecule has 2 amide bonds. The second kappa shape index (κ2) is 12.2. The molecule has 0 radical (unpaired) electrons. The van der Waals surface area contributed by atoms with Crippen LogP contribution in [0.15, 0.2) is 59.6 Å². The summed E-state index contributed by atoms with van der Waals surface area (Å²) in [5.74, 6) is 1.02. The first-order chi connectivity index (χ1) is 14.2. The van der Waals surface area contributed by atoms with Crippen molar-refractivity contribution < 1.29 is 14.3 Å². The van der Waals surface area contributed by atoms with Crippen molar-refractivity contribution >= 4 is 41.8 Å². The van der Waals surface area contributed by atoms with Crippen LogP contribution in [0.5, 0.6) is 5.75 Å². The lowest BCUT2D eigenvalue weighted by atomic mass is 10.1. The zero-order chi connectivity index (χ0) is 20.5. The molecule has 7 nitrogen and oxygen atoms in total. The first-order valence-electron chi connectivity index (χ1n) is 9.86. The number of ether oxygens (including phenoxy) is 1. The molecule has 1 heterocycles. The number of aliphatic imine (C=N–C) groups is 1. The molecular weight excluding hydrogens is 495 g/mol. The molecule has 0 fully saturated rings. The van der Waals surface area contributed by atoms with E-state index in [1.54, 1.807) is 24.3 Å². The summed E-state index contributed by atoms with van der Waals surface area (Å²) in [5.41, 5.74) is 0.938. The van der Waals surface area contributed by atoms with Gasteiger partial charge in [0.15, 0.2) is 5.96 Å². The average Bonchev–Trinajstić information content (AvgIpc) is 2.99. The van der Waals surface area contributed by atoms with Crippen LogP contribution in [0, 0.1) is 0 Å². The minimum Gasteiger partial charge on any atom is -0.494 e. The third-order valence-corrected chi connectivity index (χ3v) is 4.43. The van der Waals surface area contributed by atoms with Crippen molar-refractivity contribution in [2.75, 3.05) is 32.8 Å². The Kier molecular flexibility index (Phi) is 9.59. The summed E-state index contributed by atoms with van der Waals surface area (Å²) in [5, 5.41) is 6.34. The number of amides is 2. The number of guanidine groups is 1. The maximum Gasteiger partial charge on any atom is 0.261 e. The zero-order valence-electron chi connectivity index (χ0n) is 17.0. The molecule has 0 aromatic heterocycles. The van der Waals surface area contributed by atoms with Gasteiger partial charge in [-0.3, -0.25) is 19.5 Å². The predicted molar refractivity (Wildman–Crippen MR) is 128 cm³/mol. The molecule has 3 rings (SSSR count). The first-order valence-corrected chi connectivity index (χ1v) is 9.86. The van der Waals surface area contributed by atoms with Crippen LogP contribution in [0.4, 0.5) is 0 Å². The fourth-order valence-corrected chi connectivity index (χ4v) is 3.03. The molecule has 0 aliphatic carbocycles. The summed E-state index contributed by atoms with van der Waals surface area (Å²) in [6, 6.07) is 16.6. The molecule has 0 saturated heterocycles. The van der Waals surface area contributed by atoms with Crippen LogP contribution >= 0.6 is 24.0 Å². The molecule has 2 N–H and O–H groups in total. The summed E-state index contributed by atoms with van der Waals surface area (Å²) in [7, 11) is 0. The van der Waals surface area contributed by atoms with Gasteiger partial charge in [0.25, 0.3) is 11.8 Å². The molecule has 30 heavy (non-hydrogen) atoms. The number of carbonyl (C=O) groups excluding carboxylic acids is 2. The molecule has 8 heteroatoms. The van der Waals surface area contributed by atoms with Gasteiger partial charge in [0, 0.05) is 32.6 Å². The molecule has 0 bridgehead atoms. The number of fused-ring (bicyclic) bond motifs is 1. The van der Waals surface area contributed by atoms with Crippen LogP contribution in [0.1, 0.15) is 34.1 Å². The monoisotopic (exact) mass is 522 g/mol. The molecule has 0 atom stereocenters. The van der Waals surface area contributed by atoms with Gasteiger partial charge in [-0.05, 0) is 31.2 Å². The van der Waals surface area contributed by atoms with Gasteiger partial charge in [-0.25, -0.2) is 0 Å². The number of nitrogens with zero attached hydrogens (tertiary/aromatic N) is 2. The maximum atomic E-state index is 12.4. The number of hydrogen-bond donors (Lipinski definition) is 2. The van der Waals surface area contributed by atoms with E-state index in [4.69, 9.17) is 4.74 Å². The number of imide groups is 1. The minimum atomic E-state index is -0.243. The molecule has 0 spiro atoms. The zero-order valence-corrected chi connectivity index (χ0v) is 19.3. The van der Waals surface area contributed by atoms with Crippen LogP contribution in [0.2, 0.25) is 0 Å². The quantitative estimate of drug-likeness (QED) is 0.174. The number of rotatable bonds is 9. The van der Waals surface area contributed by atoms with Gasteiger partial charge in [-0.1, -0.05) is 30.3 Å². The van der Waals surface area contributed by atoms with Gasteiger partial charge in [0.05, 0.1) is 17.7 Å². The number of nitrogens with one attached hydrogen (secondary N) is 2. The summed E-state index contributed by atoms with van der Waals surface area (Å²) >= 11 is 0. The van der Waals surface area contributed by atoms with Gasteiger partial charge in [-0.2, -0.15) is 0 Å². The van der Waals surface area contributed by atoms with E-state index in [9.17, 15) is 9.59 Å². The number of carbonyl (C=O) groups is 2. The van der Waals surface area contributed by atoms with Crippen LogP contribution < -0.4 is 15.4 Å². The molecule has 0 saturated carbocycles. The summed E-state index contributed by atoms with van der Waals surface area (Å²) in [6.45, 7) is 4.61. The van der Waals surface area contributed by atoms with Crippen molar-refractivity contribution in [2.45, 2.75) is 13.3 Å². The van der Waals surface area contributed by atoms with Crippen LogP contribution in [-0.2, 0) is 0 Å². The Hall–Kier alpha value is -2.62. The molecule has 1 aliphatic rings. The van der Waals surface area contributed by atoms with Gasteiger partial charge in [-0.15, -0.1) is 24.0 Å². The smallest absolute Gasteiger partial charge is 0.261 e. The summed E-state index contributed by atoms with van der Waals surface area (Å²) < 4.78 is 5.66. The van der Waals surface area contributed by atoms with Gasteiger partial charge in [0.1, 0.15) is 5.75 Å². The first kappa shape index (κ1) is 23.7. The third-order valence-electron chi connectivity index (χ3n) is 4.43. The lowest BCUT2D eigenvalue weighted by Crippen LogP contribution is -2.43. The second-order valence-corrected chi connectivity index (χ2v) is 6.51. The van der Waals surface area contributed by atoms with Gasteiger partial charge in [0.2, 0.25) is 0 Å². The average molecular weight is 522 g/mol. The summed E-state index contributed by atoms with van der Waals surface area (Å²) in [4.78, 5) is 30.6. The fraction of sp³-hybridized carbons (Fsp3) is 0.318. The minimum absolute atomic E-state index is 0. The number of benzene rings is 2. The third kappa shape index (κ3) is 6.19. The Morgan fingerprint density at radius 3 is 2.23 bits per heavy atom. The maximum absolute atomic E-state index is 12.4. The Morgan fingerprint density at radius 1 is 0.967 bits per heavy atom. The van der Waals surface area contributed by atoms with Crippen molar-refractivity contribution in [3.05, 3.63) is 65.7 Å². The topological polar surface area (TPSA) is 83.0 Å². The van der Waals surface area contributed by atoms with E-state index in [0.717, 1.165) is 18.7 Å². The Labute approximate surface area is 193 Å². The summed E-state index contributed by atoms with van der Waals surface area (Å²) in [6.07, 6.45) is 0.782. The van der Waals surface area contributed by atoms with E-state index in [2.05, 4.69) is 15.6 Å². The molecule has 0 unspecified atom stereocenters. The Morgan fingerprint density at radius 2 is 1.60 bits per heavy atom. The fourth-order valence-electron chi connectivity index (χ4n) is 3.03. The van der Waals surface area contributed by atoms with Crippen molar-refractivity contribution in [1.29, 1.82) is 0 Å². The van der Waals surface area contributed by atoms with E-state index in [1.165, 1.54) is 4.90 Å². The van der Waals surface area contributed by atoms with Crippen molar-refractivity contribution in [3.63, 3.8) is 0 Å². The van der Waals surface area contributed by atoms with E-state index >= 15 is 0 Å². The molecular formula is C22H27IN4O3. The van der Waals surface area contributed by atoms with E-state index in [0.29, 0.717) is 36.8 Å². The highest BCUT2D eigenvalue weighted by atomic mass is 127. The number of halogens is 1. The lowest BCUT2D eigenvalue weighted by molar-refractivity contribution is 0.0657. The highest BCUT2D eigenvalue weighted by Gasteiger charge is 2.34. The second-order valence-electron chi connectivity index (χ2n) is 6.51. The van der Waals surface area contributed by atoms with Gasteiger partial charge < -0.3 is 15.4 Å². The number of para-hydroxylation sites is 1. The lowest BCUT2D eigenvalue weighted by Gasteiger charge is -2.16. The highest BCUT2D eigenvalue weighted by molar-refractivity contribution is 14.0. The van der Waals surface area contributed by atoms with Crippen LogP contribution in [0.3, 0.4) is 0 Å². The van der Waals surface area contributed by atoms with Crippen molar-refractivity contribution in [1.82, 2.24) is 15.5 Å². The van der Waals surface area contributed by atoms with E-state index in [1.807, 2.05) is 37.3 Å². The van der Waals surface area contributed by atoms with Crippen molar-refractivity contribution in [2.24, 2.45) is 4.99 Å². The molecule has 2 aromatic carbocycles. The number of hydrogen-bond acceptors (Lipinski definition) is 4. The Bertz CT molecular complexity index is 839. The Balaban J connectivity index is 0.00000320. The van der Waals surface area contributed by atoms with E-state index < -0.39 is 0 Å². The standard InChI is InChI=1S/C22H26N4O3.HI/c1-2-23-22(24-13-8-16-29-17-9-4-3-5-10-17)25-14-15-26-20(27)18-11-6-7-12-19(18)21(26)28;/h3-7,9-12H,2,8,13-16H2,1H3,(H2,23,24,25);1H. The van der Waals surface area contributed by atoms with E-state index in [-0.39, 0.29) is 42.3 Å². The molecule has 1 aliphatic heterocycles. The SMILES string of the molecule is CCNC(=NCCCOc1ccccc1)NCCN1C(=O)c2ccccc2C1=O.I. The largest absolute Gasteiger partial charge is 0.494 e. The molecule has 160 valence electrons. The van der Waals surface area contributed by atoms with Crippen LogP contribution in [-0.4, -0.2) is 55.5 Å². The molecule has 2 aromatic rings.